The summed E-state index contributed by atoms with van der Waals surface area (Å²) < 4.78 is 5.05. The van der Waals surface area contributed by atoms with Crippen molar-refractivity contribution in [1.29, 1.82) is 0 Å². The third-order valence-corrected chi connectivity index (χ3v) is 2.25. The van der Waals surface area contributed by atoms with Crippen LogP contribution < -0.4 is 5.73 Å². The summed E-state index contributed by atoms with van der Waals surface area (Å²) in [5.41, 5.74) is 4.97. The number of carbonyl (C=O) groups is 1. The van der Waals surface area contributed by atoms with Crippen molar-refractivity contribution in [2.75, 3.05) is 5.73 Å². The quantitative estimate of drug-likeness (QED) is 0.646. The first-order chi connectivity index (χ1) is 7.33. The second kappa shape index (κ2) is 4.56. The van der Waals surface area contributed by atoms with E-state index in [1.54, 1.807) is 20.8 Å². The number of nitroso groups, excluding NO2 is 1. The molecule has 0 radical (unpaired) electrons. The molecule has 0 saturated heterocycles. The molecule has 1 aromatic heterocycles. The van der Waals surface area contributed by atoms with E-state index < -0.39 is 17.6 Å². The smallest absolute Gasteiger partial charge is 0.341 e. The summed E-state index contributed by atoms with van der Waals surface area (Å²) in [4.78, 5) is 26.1. The molecule has 0 aromatic carbocycles. The molecule has 6 nitrogen and oxygen atoms in total. The molecule has 88 valence electrons. The van der Waals surface area contributed by atoms with Crippen LogP contribution in [0.3, 0.4) is 0 Å². The summed E-state index contributed by atoms with van der Waals surface area (Å²) in [5, 5.41) is 4.52. The standard InChI is InChI=1S/C9H13N3O3S/c1-9(2,3)15-7(13)6(12-14)5-4-16-8(10)11-5/h4,6H,1-3H3,(H2,10,11). The zero-order chi connectivity index (χ0) is 12.3. The minimum atomic E-state index is -1.24. The van der Waals surface area contributed by atoms with Crippen LogP contribution >= 0.6 is 11.3 Å². The van der Waals surface area contributed by atoms with Gasteiger partial charge in [-0.2, -0.15) is 0 Å². The van der Waals surface area contributed by atoms with Crippen LogP contribution in [0.4, 0.5) is 5.13 Å². The van der Waals surface area contributed by atoms with Gasteiger partial charge >= 0.3 is 5.97 Å². The molecule has 0 fully saturated rings. The maximum atomic E-state index is 11.6. The van der Waals surface area contributed by atoms with E-state index in [-0.39, 0.29) is 10.8 Å². The lowest BCUT2D eigenvalue weighted by Gasteiger charge is -2.20. The third-order valence-electron chi connectivity index (χ3n) is 1.56. The van der Waals surface area contributed by atoms with E-state index in [2.05, 4.69) is 10.2 Å². The van der Waals surface area contributed by atoms with Gasteiger partial charge in [-0.3, -0.25) is 0 Å². The van der Waals surface area contributed by atoms with Crippen molar-refractivity contribution in [3.8, 4) is 0 Å². The molecule has 0 aliphatic heterocycles. The Morgan fingerprint density at radius 1 is 1.62 bits per heavy atom. The van der Waals surface area contributed by atoms with Gasteiger partial charge in [0.05, 0.1) is 5.69 Å². The van der Waals surface area contributed by atoms with Crippen molar-refractivity contribution >= 4 is 22.4 Å². The number of nitrogen functional groups attached to an aromatic ring is 1. The molecule has 2 N–H and O–H groups in total. The van der Waals surface area contributed by atoms with E-state index in [4.69, 9.17) is 10.5 Å². The Morgan fingerprint density at radius 2 is 2.25 bits per heavy atom. The highest BCUT2D eigenvalue weighted by molar-refractivity contribution is 7.13. The average Bonchev–Trinajstić information content (AvgIpc) is 2.49. The molecule has 0 aliphatic rings. The van der Waals surface area contributed by atoms with E-state index in [9.17, 15) is 9.70 Å². The highest BCUT2D eigenvalue weighted by Crippen LogP contribution is 2.24. The summed E-state index contributed by atoms with van der Waals surface area (Å²) in [5.74, 6) is -0.715. The van der Waals surface area contributed by atoms with Crippen molar-refractivity contribution in [1.82, 2.24) is 4.98 Å². The van der Waals surface area contributed by atoms with Gasteiger partial charge in [0.2, 0.25) is 6.04 Å². The Hall–Kier alpha value is -1.50. The molecule has 0 amide bonds. The second-order valence-corrected chi connectivity index (χ2v) is 5.04. The van der Waals surface area contributed by atoms with E-state index in [1.165, 1.54) is 5.38 Å². The molecule has 0 spiro atoms. The Labute approximate surface area is 96.8 Å². The third kappa shape index (κ3) is 3.27. The summed E-state index contributed by atoms with van der Waals surface area (Å²) in [6, 6.07) is -1.24. The number of hydrogen-bond donors (Lipinski definition) is 1. The van der Waals surface area contributed by atoms with Gasteiger partial charge in [0.25, 0.3) is 0 Å². The van der Waals surface area contributed by atoms with Crippen LogP contribution in [0.15, 0.2) is 10.6 Å². The van der Waals surface area contributed by atoms with Crippen molar-refractivity contribution in [2.45, 2.75) is 32.4 Å². The molecular weight excluding hydrogens is 230 g/mol. The number of carbonyl (C=O) groups excluding carboxylic acids is 1. The van der Waals surface area contributed by atoms with Crippen LogP contribution in [0.1, 0.15) is 32.5 Å². The lowest BCUT2D eigenvalue weighted by atomic mass is 10.2. The average molecular weight is 243 g/mol. The van der Waals surface area contributed by atoms with Crippen molar-refractivity contribution in [3.05, 3.63) is 16.0 Å². The van der Waals surface area contributed by atoms with Gasteiger partial charge in [0.15, 0.2) is 5.13 Å². The number of nitrogens with zero attached hydrogens (tertiary/aromatic N) is 2. The van der Waals surface area contributed by atoms with Crippen LogP contribution in [0.25, 0.3) is 0 Å². The van der Waals surface area contributed by atoms with E-state index in [0.717, 1.165) is 11.3 Å². The van der Waals surface area contributed by atoms with Crippen LogP contribution in [0.2, 0.25) is 0 Å². The Morgan fingerprint density at radius 3 is 2.62 bits per heavy atom. The first kappa shape index (κ1) is 12.6. The second-order valence-electron chi connectivity index (χ2n) is 4.15. The number of ether oxygens (including phenoxy) is 1. The highest BCUT2D eigenvalue weighted by Gasteiger charge is 2.29. The van der Waals surface area contributed by atoms with Gasteiger partial charge in [-0.15, -0.1) is 16.2 Å². The van der Waals surface area contributed by atoms with Crippen LogP contribution in [-0.4, -0.2) is 16.6 Å². The number of rotatable bonds is 3. The zero-order valence-corrected chi connectivity index (χ0v) is 10.1. The van der Waals surface area contributed by atoms with Gasteiger partial charge in [-0.25, -0.2) is 9.78 Å². The number of hydrogen-bond acceptors (Lipinski definition) is 7. The molecule has 1 unspecified atom stereocenters. The number of thiazole rings is 1. The fourth-order valence-electron chi connectivity index (χ4n) is 1.00. The summed E-state index contributed by atoms with van der Waals surface area (Å²) >= 11 is 1.14. The van der Waals surface area contributed by atoms with Gasteiger partial charge in [0, 0.05) is 5.38 Å². The molecule has 1 atom stereocenters. The predicted octanol–water partition coefficient (Wildman–Crippen LogP) is 1.87. The van der Waals surface area contributed by atoms with Crippen molar-refractivity contribution in [2.24, 2.45) is 5.18 Å². The number of anilines is 1. The molecule has 1 aromatic rings. The van der Waals surface area contributed by atoms with Crippen LogP contribution in [0, 0.1) is 4.91 Å². The molecule has 0 aliphatic carbocycles. The molecule has 7 heteroatoms. The molecule has 1 rings (SSSR count). The van der Waals surface area contributed by atoms with E-state index in [0.29, 0.717) is 0 Å². The first-order valence-corrected chi connectivity index (χ1v) is 5.47. The summed E-state index contributed by atoms with van der Waals surface area (Å²) in [7, 11) is 0. The van der Waals surface area contributed by atoms with Crippen LogP contribution in [-0.2, 0) is 9.53 Å². The Balaban J connectivity index is 2.83. The predicted molar refractivity (Wildman–Crippen MR) is 60.9 cm³/mol. The monoisotopic (exact) mass is 243 g/mol. The minimum Gasteiger partial charge on any atom is -0.458 e. The zero-order valence-electron chi connectivity index (χ0n) is 9.26. The van der Waals surface area contributed by atoms with E-state index >= 15 is 0 Å². The summed E-state index contributed by atoms with van der Waals surface area (Å²) in [6.45, 7) is 5.13. The van der Waals surface area contributed by atoms with Gasteiger partial charge < -0.3 is 10.5 Å². The lowest BCUT2D eigenvalue weighted by Crippen LogP contribution is -2.27. The van der Waals surface area contributed by atoms with Crippen molar-refractivity contribution < 1.29 is 9.53 Å². The van der Waals surface area contributed by atoms with Crippen molar-refractivity contribution in [3.63, 3.8) is 0 Å². The first-order valence-electron chi connectivity index (χ1n) is 4.59. The maximum absolute atomic E-state index is 11.6. The Bertz CT molecular complexity index is 397. The molecule has 1 heterocycles. The topological polar surface area (TPSA) is 94.6 Å². The molecule has 0 saturated carbocycles. The minimum absolute atomic E-state index is 0.228. The highest BCUT2D eigenvalue weighted by atomic mass is 32.1. The van der Waals surface area contributed by atoms with Gasteiger partial charge in [-0.1, -0.05) is 0 Å². The van der Waals surface area contributed by atoms with E-state index in [1.807, 2.05) is 0 Å². The molecule has 16 heavy (non-hydrogen) atoms. The van der Waals surface area contributed by atoms with Crippen LogP contribution in [0.5, 0.6) is 0 Å². The molecular formula is C9H13N3O3S. The number of nitrogens with two attached hydrogens (primary N) is 1. The normalized spacial score (nSPS) is 13.2. The summed E-state index contributed by atoms with van der Waals surface area (Å²) in [6.07, 6.45) is 0. The largest absolute Gasteiger partial charge is 0.458 e. The fourth-order valence-corrected chi connectivity index (χ4v) is 1.58. The molecule has 0 bridgehead atoms. The maximum Gasteiger partial charge on any atom is 0.341 e. The SMILES string of the molecule is CC(C)(C)OC(=O)C(N=O)c1csc(N)n1. The fraction of sp³-hybridized carbons (Fsp3) is 0.556. The van der Waals surface area contributed by atoms with Gasteiger partial charge in [-0.05, 0) is 25.9 Å². The number of aromatic nitrogens is 1. The lowest BCUT2D eigenvalue weighted by molar-refractivity contribution is -0.156. The Kier molecular flexibility index (Phi) is 3.58. The number of esters is 1. The van der Waals surface area contributed by atoms with Gasteiger partial charge in [0.1, 0.15) is 5.60 Å².